The van der Waals surface area contributed by atoms with E-state index < -0.39 is 29.0 Å². The molecule has 0 N–H and O–H groups in total. The first kappa shape index (κ1) is 19.0. The summed E-state index contributed by atoms with van der Waals surface area (Å²) in [7, 11) is 1.23. The molecule has 0 saturated heterocycles. The lowest BCUT2D eigenvalue weighted by Gasteiger charge is -2.25. The molecule has 0 aliphatic heterocycles. The minimum absolute atomic E-state index is 0.0435. The molecular weight excluding hydrogens is 367 g/mol. The number of alkyl halides is 2. The molecule has 4 nitrogen and oxygen atoms in total. The van der Waals surface area contributed by atoms with Gasteiger partial charge in [0.1, 0.15) is 11.3 Å². The summed E-state index contributed by atoms with van der Waals surface area (Å²) in [5.74, 6) is -4.62. The van der Waals surface area contributed by atoms with Crippen LogP contribution in [-0.4, -0.2) is 26.6 Å². The molecule has 150 valence electrons. The maximum absolute atomic E-state index is 14.6. The zero-order valence-electron chi connectivity index (χ0n) is 16.3. The molecular formula is C21H24F3N3O. The number of rotatable bonds is 6. The van der Waals surface area contributed by atoms with Gasteiger partial charge >= 0.3 is 0 Å². The standard InChI is InChI=1S/C21H24F3N3O/c1-12-4-9-16(13-5-6-13)14(10-12)11-27(15-7-8-15)20(28)17-18(21(2,23)24)25-26(3)19(17)22/h4,9-10,13,15H,5-8,11H2,1-3H3. The summed E-state index contributed by atoms with van der Waals surface area (Å²) in [4.78, 5) is 14.8. The Morgan fingerprint density at radius 3 is 2.54 bits per heavy atom. The van der Waals surface area contributed by atoms with E-state index in [4.69, 9.17) is 0 Å². The number of hydrogen-bond donors (Lipinski definition) is 0. The van der Waals surface area contributed by atoms with Crippen LogP contribution in [0.25, 0.3) is 0 Å². The molecule has 0 spiro atoms. The summed E-state index contributed by atoms with van der Waals surface area (Å²) in [6, 6.07) is 6.15. The molecule has 28 heavy (non-hydrogen) atoms. The summed E-state index contributed by atoms with van der Waals surface area (Å²) in [5.41, 5.74) is 1.90. The molecule has 1 amide bonds. The van der Waals surface area contributed by atoms with Gasteiger partial charge in [-0.05, 0) is 49.7 Å². The fourth-order valence-electron chi connectivity index (χ4n) is 3.74. The van der Waals surface area contributed by atoms with E-state index in [0.29, 0.717) is 24.1 Å². The van der Waals surface area contributed by atoms with Crippen molar-refractivity contribution < 1.29 is 18.0 Å². The van der Waals surface area contributed by atoms with Crippen LogP contribution in [0.5, 0.6) is 0 Å². The smallest absolute Gasteiger partial charge is 0.289 e. The monoisotopic (exact) mass is 391 g/mol. The largest absolute Gasteiger partial charge is 0.331 e. The average Bonchev–Trinajstić information content (AvgIpc) is 3.51. The van der Waals surface area contributed by atoms with Crippen LogP contribution in [-0.2, 0) is 19.5 Å². The molecule has 2 fully saturated rings. The number of amides is 1. The predicted octanol–water partition coefficient (Wildman–Crippen LogP) is 4.66. The van der Waals surface area contributed by atoms with Crippen LogP contribution in [0.2, 0.25) is 0 Å². The Kier molecular flexibility index (Phi) is 4.51. The number of carbonyl (C=O) groups excluding carboxylic acids is 1. The molecule has 2 saturated carbocycles. The molecule has 0 radical (unpaired) electrons. The number of aromatic nitrogens is 2. The highest BCUT2D eigenvalue weighted by molar-refractivity contribution is 5.96. The highest BCUT2D eigenvalue weighted by atomic mass is 19.3. The van der Waals surface area contributed by atoms with Gasteiger partial charge in [-0.2, -0.15) is 18.3 Å². The van der Waals surface area contributed by atoms with Crippen molar-refractivity contribution >= 4 is 5.91 Å². The van der Waals surface area contributed by atoms with Gasteiger partial charge in [0.15, 0.2) is 0 Å². The van der Waals surface area contributed by atoms with Crippen molar-refractivity contribution in [2.75, 3.05) is 0 Å². The molecule has 1 heterocycles. The SMILES string of the molecule is Cc1ccc(C2CC2)c(CN(C(=O)c2c(C(C)(F)F)nn(C)c2F)C2CC2)c1. The molecule has 0 unspecified atom stereocenters. The predicted molar refractivity (Wildman–Crippen MR) is 98.8 cm³/mol. The van der Waals surface area contributed by atoms with E-state index >= 15 is 0 Å². The quantitative estimate of drug-likeness (QED) is 0.718. The van der Waals surface area contributed by atoms with E-state index in [1.165, 1.54) is 12.6 Å². The van der Waals surface area contributed by atoms with Gasteiger partial charge in [-0.25, -0.2) is 4.68 Å². The van der Waals surface area contributed by atoms with Gasteiger partial charge in [-0.1, -0.05) is 23.8 Å². The fourth-order valence-corrected chi connectivity index (χ4v) is 3.74. The van der Waals surface area contributed by atoms with Crippen LogP contribution < -0.4 is 0 Å². The fraction of sp³-hybridized carbons (Fsp3) is 0.524. The lowest BCUT2D eigenvalue weighted by atomic mass is 9.99. The van der Waals surface area contributed by atoms with Crippen molar-refractivity contribution in [3.63, 3.8) is 0 Å². The molecule has 0 atom stereocenters. The zero-order chi connectivity index (χ0) is 20.2. The average molecular weight is 391 g/mol. The van der Waals surface area contributed by atoms with Crippen LogP contribution >= 0.6 is 0 Å². The number of halogens is 3. The third kappa shape index (κ3) is 3.54. The first-order valence-electron chi connectivity index (χ1n) is 9.68. The van der Waals surface area contributed by atoms with Gasteiger partial charge in [0.25, 0.3) is 11.8 Å². The van der Waals surface area contributed by atoms with Crippen LogP contribution in [0.4, 0.5) is 13.2 Å². The number of carbonyl (C=O) groups is 1. The van der Waals surface area contributed by atoms with Crippen LogP contribution in [0.3, 0.4) is 0 Å². The van der Waals surface area contributed by atoms with Crippen molar-refractivity contribution in [2.24, 2.45) is 7.05 Å². The Hall–Kier alpha value is -2.31. The van der Waals surface area contributed by atoms with E-state index in [2.05, 4.69) is 17.2 Å². The summed E-state index contributed by atoms with van der Waals surface area (Å²) >= 11 is 0. The Bertz CT molecular complexity index is 924. The molecule has 2 aromatic rings. The lowest BCUT2D eigenvalue weighted by molar-refractivity contribution is 0.0105. The van der Waals surface area contributed by atoms with E-state index in [1.54, 1.807) is 4.90 Å². The number of aryl methyl sites for hydroxylation is 2. The topological polar surface area (TPSA) is 38.1 Å². The molecule has 7 heteroatoms. The third-order valence-corrected chi connectivity index (χ3v) is 5.51. The second kappa shape index (κ2) is 6.64. The summed E-state index contributed by atoms with van der Waals surface area (Å²) in [5, 5.41) is 3.59. The van der Waals surface area contributed by atoms with Crippen molar-refractivity contribution in [3.8, 4) is 0 Å². The van der Waals surface area contributed by atoms with Gasteiger partial charge in [0.2, 0.25) is 5.95 Å². The summed E-state index contributed by atoms with van der Waals surface area (Å²) in [6.45, 7) is 2.93. The van der Waals surface area contributed by atoms with Gasteiger partial charge in [0, 0.05) is 26.6 Å². The first-order valence-corrected chi connectivity index (χ1v) is 9.68. The number of hydrogen-bond acceptors (Lipinski definition) is 2. The van der Waals surface area contributed by atoms with Crippen LogP contribution in [0.1, 0.15) is 71.3 Å². The van der Waals surface area contributed by atoms with E-state index in [1.807, 2.05) is 13.0 Å². The first-order chi connectivity index (χ1) is 13.2. The highest BCUT2D eigenvalue weighted by Crippen LogP contribution is 2.43. The Morgan fingerprint density at radius 2 is 1.96 bits per heavy atom. The van der Waals surface area contributed by atoms with Crippen molar-refractivity contribution in [1.29, 1.82) is 0 Å². The number of benzene rings is 1. The summed E-state index contributed by atoms with van der Waals surface area (Å²) in [6.07, 6.45) is 3.85. The Morgan fingerprint density at radius 1 is 1.29 bits per heavy atom. The molecule has 2 aliphatic carbocycles. The molecule has 1 aromatic heterocycles. The Labute approximate surface area is 162 Å². The van der Waals surface area contributed by atoms with Crippen molar-refractivity contribution in [1.82, 2.24) is 14.7 Å². The van der Waals surface area contributed by atoms with Gasteiger partial charge in [-0.15, -0.1) is 0 Å². The molecule has 2 aliphatic rings. The van der Waals surface area contributed by atoms with Gasteiger partial charge in [0.05, 0.1) is 0 Å². The van der Waals surface area contributed by atoms with Gasteiger partial charge in [-0.3, -0.25) is 4.79 Å². The van der Waals surface area contributed by atoms with Crippen LogP contribution in [0.15, 0.2) is 18.2 Å². The second-order valence-corrected chi connectivity index (χ2v) is 8.17. The third-order valence-electron chi connectivity index (χ3n) is 5.51. The second-order valence-electron chi connectivity index (χ2n) is 8.17. The van der Waals surface area contributed by atoms with Crippen molar-refractivity contribution in [2.45, 2.75) is 64.0 Å². The Balaban J connectivity index is 1.71. The number of nitrogens with zero attached hydrogens (tertiary/aromatic N) is 3. The van der Waals surface area contributed by atoms with Crippen LogP contribution in [0, 0.1) is 12.9 Å². The minimum Gasteiger partial charge on any atom is -0.331 e. The van der Waals surface area contributed by atoms with Crippen molar-refractivity contribution in [3.05, 3.63) is 52.1 Å². The van der Waals surface area contributed by atoms with Gasteiger partial charge < -0.3 is 4.90 Å². The highest BCUT2D eigenvalue weighted by Gasteiger charge is 2.42. The maximum atomic E-state index is 14.6. The van der Waals surface area contributed by atoms with E-state index in [0.717, 1.165) is 36.8 Å². The maximum Gasteiger partial charge on any atom is 0.289 e. The molecule has 1 aromatic carbocycles. The zero-order valence-corrected chi connectivity index (χ0v) is 16.3. The normalized spacial score (nSPS) is 17.1. The minimum atomic E-state index is -3.40. The van der Waals surface area contributed by atoms with E-state index in [-0.39, 0.29) is 6.04 Å². The lowest BCUT2D eigenvalue weighted by Crippen LogP contribution is -2.34. The molecule has 4 rings (SSSR count). The summed E-state index contributed by atoms with van der Waals surface area (Å²) < 4.78 is 43.3. The molecule has 0 bridgehead atoms. The van der Waals surface area contributed by atoms with E-state index in [9.17, 15) is 18.0 Å².